The van der Waals surface area contributed by atoms with Crippen LogP contribution in [-0.4, -0.2) is 21.6 Å². The number of thiophene rings is 1. The number of carbonyl (C=O) groups is 1. The third kappa shape index (κ3) is 3.74. The molecule has 0 bridgehead atoms. The molecule has 3 N–H and O–H groups in total. The minimum atomic E-state index is -0.172. The van der Waals surface area contributed by atoms with Crippen molar-refractivity contribution in [3.05, 3.63) is 40.2 Å². The van der Waals surface area contributed by atoms with E-state index >= 15 is 0 Å². The molecule has 0 saturated heterocycles. The van der Waals surface area contributed by atoms with Gasteiger partial charge in [-0.25, -0.2) is 9.97 Å². The Balaban J connectivity index is 1.65. The molecule has 23 heavy (non-hydrogen) atoms. The zero-order chi connectivity index (χ0) is 16.4. The Morgan fingerprint density at radius 2 is 2.22 bits per heavy atom. The molecule has 0 aliphatic rings. The minimum absolute atomic E-state index is 0.172. The van der Waals surface area contributed by atoms with E-state index in [0.717, 1.165) is 15.8 Å². The number of rotatable bonds is 4. The average Bonchev–Trinajstić information content (AvgIpc) is 2.97. The van der Waals surface area contributed by atoms with Crippen LogP contribution in [0.1, 0.15) is 5.56 Å². The lowest BCUT2D eigenvalue weighted by Crippen LogP contribution is -2.14. The largest absolute Gasteiger partial charge is 0.383 e. The molecule has 5 nitrogen and oxygen atoms in total. The van der Waals surface area contributed by atoms with E-state index < -0.39 is 0 Å². The van der Waals surface area contributed by atoms with Gasteiger partial charge in [0, 0.05) is 0 Å². The number of nitrogens with zero attached hydrogens (tertiary/aromatic N) is 2. The lowest BCUT2D eigenvalue weighted by atomic mass is 10.2. The van der Waals surface area contributed by atoms with Crippen LogP contribution in [0.4, 0.5) is 11.5 Å². The first kappa shape index (κ1) is 16.0. The zero-order valence-electron chi connectivity index (χ0n) is 12.2. The summed E-state index contributed by atoms with van der Waals surface area (Å²) in [6, 6.07) is 7.37. The Morgan fingerprint density at radius 1 is 1.39 bits per heavy atom. The van der Waals surface area contributed by atoms with Crippen molar-refractivity contribution in [3.63, 3.8) is 0 Å². The number of halogens is 1. The highest BCUT2D eigenvalue weighted by molar-refractivity contribution is 7.99. The fourth-order valence-electron chi connectivity index (χ4n) is 1.96. The Hall–Kier alpha value is -1.83. The van der Waals surface area contributed by atoms with Crippen molar-refractivity contribution >= 4 is 62.3 Å². The molecule has 0 atom stereocenters. The van der Waals surface area contributed by atoms with Crippen LogP contribution in [-0.2, 0) is 4.79 Å². The normalized spacial score (nSPS) is 10.9. The Morgan fingerprint density at radius 3 is 3.00 bits per heavy atom. The van der Waals surface area contributed by atoms with Crippen LogP contribution in [0.5, 0.6) is 0 Å². The predicted molar refractivity (Wildman–Crippen MR) is 97.4 cm³/mol. The van der Waals surface area contributed by atoms with Gasteiger partial charge in [0.1, 0.15) is 10.6 Å². The van der Waals surface area contributed by atoms with E-state index in [1.807, 2.05) is 24.4 Å². The summed E-state index contributed by atoms with van der Waals surface area (Å²) >= 11 is 8.83. The van der Waals surface area contributed by atoms with Crippen molar-refractivity contribution in [2.24, 2.45) is 0 Å². The highest BCUT2D eigenvalue weighted by atomic mass is 35.5. The number of nitrogens with one attached hydrogen (secondary N) is 1. The van der Waals surface area contributed by atoms with Crippen LogP contribution >= 0.6 is 34.7 Å². The number of hydrogen-bond donors (Lipinski definition) is 2. The molecule has 8 heteroatoms. The number of nitrogen functional groups attached to an aromatic ring is 1. The lowest BCUT2D eigenvalue weighted by molar-refractivity contribution is -0.113. The van der Waals surface area contributed by atoms with E-state index in [2.05, 4.69) is 15.3 Å². The molecule has 0 spiro atoms. The standard InChI is InChI=1S/C15H13ClN4OS2/c1-8-2-3-11(10(16)6-8)18-12(21)7-23-15-19-13(17)9-4-5-22-14(9)20-15/h2-6H,7H2,1H3,(H,18,21)(H2,17,19,20). The van der Waals surface area contributed by atoms with Crippen LogP contribution in [0.2, 0.25) is 5.02 Å². The van der Waals surface area contributed by atoms with Gasteiger partial charge in [0.15, 0.2) is 5.16 Å². The number of fused-ring (bicyclic) bond motifs is 1. The van der Waals surface area contributed by atoms with Gasteiger partial charge in [-0.05, 0) is 36.1 Å². The summed E-state index contributed by atoms with van der Waals surface area (Å²) in [6.07, 6.45) is 0. The summed E-state index contributed by atoms with van der Waals surface area (Å²) in [6.45, 7) is 1.94. The van der Waals surface area contributed by atoms with Gasteiger partial charge in [-0.15, -0.1) is 11.3 Å². The summed E-state index contributed by atoms with van der Waals surface area (Å²) in [5.74, 6) is 0.440. The monoisotopic (exact) mass is 364 g/mol. The number of anilines is 2. The Bertz CT molecular complexity index is 881. The lowest BCUT2D eigenvalue weighted by Gasteiger charge is -2.07. The third-order valence-corrected chi connectivity index (χ3v) is 5.03. The van der Waals surface area contributed by atoms with Crippen molar-refractivity contribution in [1.82, 2.24) is 9.97 Å². The SMILES string of the molecule is Cc1ccc(NC(=O)CSc2nc(N)c3ccsc3n2)c(Cl)c1. The molecular weight excluding hydrogens is 352 g/mol. The van der Waals surface area contributed by atoms with Gasteiger partial charge in [-0.2, -0.15) is 0 Å². The van der Waals surface area contributed by atoms with Gasteiger partial charge in [-0.1, -0.05) is 29.4 Å². The number of benzene rings is 1. The van der Waals surface area contributed by atoms with Crippen molar-refractivity contribution in [2.45, 2.75) is 12.1 Å². The van der Waals surface area contributed by atoms with E-state index in [-0.39, 0.29) is 11.7 Å². The molecule has 0 radical (unpaired) electrons. The molecule has 0 fully saturated rings. The highest BCUT2D eigenvalue weighted by Gasteiger charge is 2.10. The average molecular weight is 365 g/mol. The smallest absolute Gasteiger partial charge is 0.234 e. The maximum Gasteiger partial charge on any atom is 0.234 e. The summed E-state index contributed by atoms with van der Waals surface area (Å²) in [4.78, 5) is 21.5. The van der Waals surface area contributed by atoms with Crippen molar-refractivity contribution in [3.8, 4) is 0 Å². The molecule has 2 aromatic heterocycles. The molecule has 0 saturated carbocycles. The van der Waals surface area contributed by atoms with Crippen LogP contribution in [0.25, 0.3) is 10.2 Å². The molecule has 0 unspecified atom stereocenters. The molecule has 1 aromatic carbocycles. The van der Waals surface area contributed by atoms with E-state index in [9.17, 15) is 4.79 Å². The maximum absolute atomic E-state index is 12.0. The van der Waals surface area contributed by atoms with Crippen molar-refractivity contribution < 1.29 is 4.79 Å². The predicted octanol–water partition coefficient (Wildman–Crippen LogP) is 3.97. The van der Waals surface area contributed by atoms with Gasteiger partial charge in [-0.3, -0.25) is 4.79 Å². The van der Waals surface area contributed by atoms with Crippen LogP contribution in [0.3, 0.4) is 0 Å². The number of hydrogen-bond acceptors (Lipinski definition) is 6. The second-order valence-corrected chi connectivity index (χ2v) is 7.10. The maximum atomic E-state index is 12.0. The zero-order valence-corrected chi connectivity index (χ0v) is 14.6. The summed E-state index contributed by atoms with van der Waals surface area (Å²) < 4.78 is 0. The molecule has 3 rings (SSSR count). The quantitative estimate of drug-likeness (QED) is 0.540. The summed E-state index contributed by atoms with van der Waals surface area (Å²) in [5, 5.41) is 6.54. The van der Waals surface area contributed by atoms with E-state index in [1.165, 1.54) is 23.1 Å². The molecule has 3 aromatic rings. The second kappa shape index (κ2) is 6.74. The van der Waals surface area contributed by atoms with Gasteiger partial charge in [0.05, 0.1) is 21.8 Å². The molecular formula is C15H13ClN4OS2. The first-order chi connectivity index (χ1) is 11.0. The van der Waals surface area contributed by atoms with Gasteiger partial charge >= 0.3 is 0 Å². The number of carbonyl (C=O) groups excluding carboxylic acids is 1. The third-order valence-electron chi connectivity index (χ3n) is 3.07. The molecule has 1 amide bonds. The first-order valence-corrected chi connectivity index (χ1v) is 8.97. The molecule has 2 heterocycles. The number of thioether (sulfide) groups is 1. The number of aromatic nitrogens is 2. The molecule has 118 valence electrons. The van der Waals surface area contributed by atoms with Crippen LogP contribution in [0, 0.1) is 6.92 Å². The number of aryl methyl sites for hydroxylation is 1. The first-order valence-electron chi connectivity index (χ1n) is 6.72. The summed E-state index contributed by atoms with van der Waals surface area (Å²) in [5.41, 5.74) is 7.52. The Kier molecular flexibility index (Phi) is 4.70. The fraction of sp³-hybridized carbons (Fsp3) is 0.133. The topological polar surface area (TPSA) is 80.9 Å². The number of nitrogens with two attached hydrogens (primary N) is 1. The highest BCUT2D eigenvalue weighted by Crippen LogP contribution is 2.27. The van der Waals surface area contributed by atoms with E-state index in [0.29, 0.717) is 21.7 Å². The van der Waals surface area contributed by atoms with E-state index in [1.54, 1.807) is 12.1 Å². The van der Waals surface area contributed by atoms with Crippen LogP contribution in [0.15, 0.2) is 34.8 Å². The Labute approximate surface area is 146 Å². The number of amides is 1. The molecule has 0 aliphatic heterocycles. The van der Waals surface area contributed by atoms with Crippen molar-refractivity contribution in [2.75, 3.05) is 16.8 Å². The van der Waals surface area contributed by atoms with Gasteiger partial charge in [0.25, 0.3) is 0 Å². The van der Waals surface area contributed by atoms with Crippen LogP contribution < -0.4 is 11.1 Å². The van der Waals surface area contributed by atoms with Gasteiger partial charge < -0.3 is 11.1 Å². The second-order valence-electron chi connectivity index (χ2n) is 4.85. The molecule has 0 aliphatic carbocycles. The van der Waals surface area contributed by atoms with Crippen molar-refractivity contribution in [1.29, 1.82) is 0 Å². The van der Waals surface area contributed by atoms with E-state index in [4.69, 9.17) is 17.3 Å². The summed E-state index contributed by atoms with van der Waals surface area (Å²) in [7, 11) is 0. The fourth-order valence-corrected chi connectivity index (χ4v) is 3.72. The minimum Gasteiger partial charge on any atom is -0.383 e. The van der Waals surface area contributed by atoms with Gasteiger partial charge in [0.2, 0.25) is 5.91 Å².